The number of hydrogen-bond acceptors (Lipinski definition) is 2. The number of benzene rings is 1. The third-order valence-corrected chi connectivity index (χ3v) is 4.68. The van der Waals surface area contributed by atoms with E-state index in [-0.39, 0.29) is 0 Å². The van der Waals surface area contributed by atoms with E-state index in [0.29, 0.717) is 12.1 Å². The van der Waals surface area contributed by atoms with Crippen LogP contribution in [0.1, 0.15) is 51.7 Å². The minimum absolute atomic E-state index is 0.425. The maximum Gasteiger partial charge on any atom is 0.0772 e. The molecule has 1 N–H and O–H groups in total. The van der Waals surface area contributed by atoms with Crippen LogP contribution in [0.3, 0.4) is 0 Å². The Morgan fingerprint density at radius 3 is 2.72 bits per heavy atom. The normalized spacial score (nSPS) is 25.5. The lowest BCUT2D eigenvalue weighted by Gasteiger charge is -2.31. The van der Waals surface area contributed by atoms with Gasteiger partial charge in [-0.15, -0.1) is 0 Å². The second-order valence-corrected chi connectivity index (χ2v) is 6.13. The van der Waals surface area contributed by atoms with E-state index in [1.165, 1.54) is 24.9 Å². The number of hydrogen-bond donors (Lipinski definition) is 1. The Morgan fingerprint density at radius 1 is 1.44 bits per heavy atom. The monoisotopic (exact) mass is 311 g/mol. The first-order valence-corrected chi connectivity index (χ1v) is 7.59. The highest BCUT2D eigenvalue weighted by Crippen LogP contribution is 2.35. The molecule has 0 amide bonds. The molecule has 0 aromatic heterocycles. The topological polar surface area (TPSA) is 23.5 Å². The largest absolute Gasteiger partial charge is 0.389 e. The van der Waals surface area contributed by atoms with Gasteiger partial charge in [0.25, 0.3) is 0 Å². The summed E-state index contributed by atoms with van der Waals surface area (Å²) in [7, 11) is 0. The summed E-state index contributed by atoms with van der Waals surface area (Å²) >= 11 is 3.57. The molecule has 2 rings (SSSR count). The van der Waals surface area contributed by atoms with E-state index in [1.807, 2.05) is 6.07 Å². The average molecular weight is 312 g/mol. The highest BCUT2D eigenvalue weighted by molar-refractivity contribution is 9.10. The van der Waals surface area contributed by atoms with Crippen molar-refractivity contribution in [2.75, 3.05) is 4.90 Å². The van der Waals surface area contributed by atoms with Gasteiger partial charge in [-0.3, -0.25) is 0 Å². The van der Waals surface area contributed by atoms with Gasteiger partial charge >= 0.3 is 0 Å². The van der Waals surface area contributed by atoms with E-state index in [0.717, 1.165) is 10.0 Å². The van der Waals surface area contributed by atoms with Gasteiger partial charge in [0, 0.05) is 22.2 Å². The molecular formula is C15H22BrNO. The Morgan fingerprint density at radius 2 is 2.17 bits per heavy atom. The smallest absolute Gasteiger partial charge is 0.0772 e. The fraction of sp³-hybridized carbons (Fsp3) is 0.600. The fourth-order valence-electron chi connectivity index (χ4n) is 2.95. The second-order valence-electron chi connectivity index (χ2n) is 5.28. The molecule has 2 nitrogen and oxygen atoms in total. The number of halogens is 1. The summed E-state index contributed by atoms with van der Waals surface area (Å²) in [6.07, 6.45) is 3.33. The molecular weight excluding hydrogens is 290 g/mol. The first kappa shape index (κ1) is 13.9. The van der Waals surface area contributed by atoms with E-state index in [1.54, 1.807) is 6.92 Å². The molecule has 3 heteroatoms. The van der Waals surface area contributed by atoms with Crippen molar-refractivity contribution in [1.29, 1.82) is 0 Å². The number of nitrogens with zero attached hydrogens (tertiary/aromatic N) is 1. The molecule has 3 atom stereocenters. The van der Waals surface area contributed by atoms with Crippen LogP contribution in [0.25, 0.3) is 0 Å². The molecule has 1 aromatic carbocycles. The summed E-state index contributed by atoms with van der Waals surface area (Å²) in [6, 6.07) is 7.58. The SMILES string of the molecule is CCC1CCC(C)N1c1ccc([C@@H](C)O)c(Br)c1. The molecule has 0 radical (unpaired) electrons. The van der Waals surface area contributed by atoms with Crippen LogP contribution in [0, 0.1) is 0 Å². The summed E-state index contributed by atoms with van der Waals surface area (Å²) in [5.74, 6) is 0. The Kier molecular flexibility index (Phi) is 4.33. The molecule has 1 aliphatic rings. The first-order valence-electron chi connectivity index (χ1n) is 6.80. The third-order valence-electron chi connectivity index (χ3n) is 3.99. The minimum atomic E-state index is -0.425. The highest BCUT2D eigenvalue weighted by Gasteiger charge is 2.29. The molecule has 2 unspecified atom stereocenters. The van der Waals surface area contributed by atoms with E-state index >= 15 is 0 Å². The lowest BCUT2D eigenvalue weighted by Crippen LogP contribution is -2.34. The molecule has 0 bridgehead atoms. The molecule has 1 saturated heterocycles. The van der Waals surface area contributed by atoms with E-state index in [2.05, 4.69) is 46.8 Å². The van der Waals surface area contributed by atoms with Gasteiger partial charge in [0.15, 0.2) is 0 Å². The molecule has 1 fully saturated rings. The van der Waals surface area contributed by atoms with Gasteiger partial charge < -0.3 is 10.0 Å². The molecule has 100 valence electrons. The highest BCUT2D eigenvalue weighted by atomic mass is 79.9. The maximum absolute atomic E-state index is 9.67. The van der Waals surface area contributed by atoms with Crippen molar-refractivity contribution in [1.82, 2.24) is 0 Å². The van der Waals surface area contributed by atoms with Crippen LogP contribution in [0.2, 0.25) is 0 Å². The average Bonchev–Trinajstić information content (AvgIpc) is 2.69. The molecule has 1 aliphatic heterocycles. The molecule has 18 heavy (non-hydrogen) atoms. The lowest BCUT2D eigenvalue weighted by molar-refractivity contribution is 0.198. The Bertz CT molecular complexity index is 419. The van der Waals surface area contributed by atoms with E-state index in [9.17, 15) is 5.11 Å². The van der Waals surface area contributed by atoms with Crippen LogP contribution in [-0.2, 0) is 0 Å². The van der Waals surface area contributed by atoms with Gasteiger partial charge in [0.1, 0.15) is 0 Å². The zero-order chi connectivity index (χ0) is 13.3. The van der Waals surface area contributed by atoms with Crippen molar-refractivity contribution in [3.63, 3.8) is 0 Å². The van der Waals surface area contributed by atoms with Gasteiger partial charge in [-0.1, -0.05) is 28.9 Å². The van der Waals surface area contributed by atoms with Gasteiger partial charge in [0.05, 0.1) is 6.10 Å². The van der Waals surface area contributed by atoms with Crippen molar-refractivity contribution in [3.8, 4) is 0 Å². The zero-order valence-electron chi connectivity index (χ0n) is 11.4. The summed E-state index contributed by atoms with van der Waals surface area (Å²) < 4.78 is 1.00. The predicted molar refractivity (Wildman–Crippen MR) is 80.0 cm³/mol. The zero-order valence-corrected chi connectivity index (χ0v) is 12.9. The van der Waals surface area contributed by atoms with Crippen LogP contribution in [0.5, 0.6) is 0 Å². The first-order chi connectivity index (χ1) is 8.54. The quantitative estimate of drug-likeness (QED) is 0.901. The molecule has 0 spiro atoms. The van der Waals surface area contributed by atoms with Crippen molar-refractivity contribution in [2.24, 2.45) is 0 Å². The van der Waals surface area contributed by atoms with Gasteiger partial charge in [-0.25, -0.2) is 0 Å². The standard InChI is InChI=1S/C15H22BrNO/c1-4-12-6-5-10(2)17(12)13-7-8-14(11(3)18)15(16)9-13/h7-12,18H,4-6H2,1-3H3/t10?,11-,12?/m1/s1. The maximum atomic E-state index is 9.67. The minimum Gasteiger partial charge on any atom is -0.389 e. The van der Waals surface area contributed by atoms with E-state index in [4.69, 9.17) is 0 Å². The van der Waals surface area contributed by atoms with Crippen molar-refractivity contribution >= 4 is 21.6 Å². The van der Waals surface area contributed by atoms with Gasteiger partial charge in [0.2, 0.25) is 0 Å². The lowest BCUT2D eigenvalue weighted by atomic mass is 10.1. The Labute approximate surface area is 118 Å². The number of rotatable bonds is 3. The van der Waals surface area contributed by atoms with Crippen LogP contribution in [0.4, 0.5) is 5.69 Å². The molecule has 1 aromatic rings. The molecule has 0 aliphatic carbocycles. The van der Waals surface area contributed by atoms with Crippen LogP contribution in [-0.4, -0.2) is 17.2 Å². The third kappa shape index (κ3) is 2.57. The molecule has 0 saturated carbocycles. The second kappa shape index (κ2) is 5.62. The summed E-state index contributed by atoms with van der Waals surface area (Å²) in [5, 5.41) is 9.67. The van der Waals surface area contributed by atoms with Crippen LogP contribution in [0.15, 0.2) is 22.7 Å². The van der Waals surface area contributed by atoms with Gasteiger partial charge in [-0.2, -0.15) is 0 Å². The summed E-state index contributed by atoms with van der Waals surface area (Å²) in [5.41, 5.74) is 2.22. The summed E-state index contributed by atoms with van der Waals surface area (Å²) in [6.45, 7) is 6.36. The number of aliphatic hydroxyl groups excluding tert-OH is 1. The van der Waals surface area contributed by atoms with Gasteiger partial charge in [-0.05, 0) is 50.8 Å². The van der Waals surface area contributed by atoms with Crippen LogP contribution >= 0.6 is 15.9 Å². The van der Waals surface area contributed by atoms with Crippen LogP contribution < -0.4 is 4.90 Å². The van der Waals surface area contributed by atoms with Crippen molar-refractivity contribution in [3.05, 3.63) is 28.2 Å². The Balaban J connectivity index is 2.31. The molecule has 1 heterocycles. The number of aliphatic hydroxyl groups is 1. The van der Waals surface area contributed by atoms with Crippen molar-refractivity contribution < 1.29 is 5.11 Å². The summed E-state index contributed by atoms with van der Waals surface area (Å²) in [4.78, 5) is 2.52. The Hall–Kier alpha value is -0.540. The van der Waals surface area contributed by atoms with Crippen molar-refractivity contribution in [2.45, 2.75) is 58.2 Å². The number of anilines is 1. The fourth-order valence-corrected chi connectivity index (χ4v) is 3.65. The predicted octanol–water partition coefficient (Wildman–Crippen LogP) is 4.27. The van der Waals surface area contributed by atoms with E-state index < -0.39 is 6.10 Å².